The highest BCUT2D eigenvalue weighted by atomic mass is 15.4. The van der Waals surface area contributed by atoms with Gasteiger partial charge in [-0.25, -0.2) is 0 Å². The Morgan fingerprint density at radius 3 is 3.27 bits per heavy atom. The minimum atomic E-state index is 0.691. The summed E-state index contributed by atoms with van der Waals surface area (Å²) in [4.78, 5) is 0. The molecule has 1 fully saturated rings. The highest BCUT2D eigenvalue weighted by molar-refractivity contribution is 4.75. The van der Waals surface area contributed by atoms with Crippen LogP contribution in [0.5, 0.6) is 0 Å². The van der Waals surface area contributed by atoms with Crippen LogP contribution in [0.15, 0.2) is 12.4 Å². The van der Waals surface area contributed by atoms with E-state index in [-0.39, 0.29) is 0 Å². The largest absolute Gasteiger partial charge is 0.315 e. The van der Waals surface area contributed by atoms with Crippen LogP contribution < -0.4 is 10.6 Å². The van der Waals surface area contributed by atoms with Crippen LogP contribution in [0.2, 0.25) is 0 Å². The normalized spacial score (nSPS) is 20.9. The molecule has 1 atom stereocenters. The Bertz CT molecular complexity index is 253. The maximum atomic E-state index is 3.92. The molecule has 5 nitrogen and oxygen atoms in total. The lowest BCUT2D eigenvalue weighted by atomic mass is 10.2. The van der Waals surface area contributed by atoms with Crippen LogP contribution in [-0.2, 0) is 6.54 Å². The van der Waals surface area contributed by atoms with Crippen molar-refractivity contribution in [2.24, 2.45) is 0 Å². The van der Waals surface area contributed by atoms with Gasteiger partial charge in [0.15, 0.2) is 0 Å². The highest BCUT2D eigenvalue weighted by Gasteiger charge is 2.12. The predicted molar refractivity (Wildman–Crippen MR) is 58.5 cm³/mol. The summed E-state index contributed by atoms with van der Waals surface area (Å²) in [5.74, 6) is 0. The quantitative estimate of drug-likeness (QED) is 0.648. The molecule has 0 bridgehead atoms. The molecule has 1 aromatic heterocycles. The lowest BCUT2D eigenvalue weighted by molar-refractivity contribution is 0.495. The third kappa shape index (κ3) is 3.60. The molecule has 1 saturated heterocycles. The minimum Gasteiger partial charge on any atom is -0.315 e. The summed E-state index contributed by atoms with van der Waals surface area (Å²) in [6.45, 7) is 4.28. The zero-order valence-electron chi connectivity index (χ0n) is 9.02. The van der Waals surface area contributed by atoms with Crippen molar-refractivity contribution < 1.29 is 0 Å². The van der Waals surface area contributed by atoms with Crippen LogP contribution >= 0.6 is 0 Å². The van der Waals surface area contributed by atoms with E-state index < -0.39 is 0 Å². The second-order valence-electron chi connectivity index (χ2n) is 4.02. The maximum Gasteiger partial charge on any atom is 0.0692 e. The minimum absolute atomic E-state index is 0.691. The number of hydrogen-bond donors (Lipinski definition) is 2. The summed E-state index contributed by atoms with van der Waals surface area (Å²) in [6.07, 6.45) is 7.37. The van der Waals surface area contributed by atoms with Gasteiger partial charge in [-0.3, -0.25) is 4.68 Å². The van der Waals surface area contributed by atoms with Gasteiger partial charge >= 0.3 is 0 Å². The average molecular weight is 209 g/mol. The van der Waals surface area contributed by atoms with Crippen molar-refractivity contribution >= 4 is 0 Å². The summed E-state index contributed by atoms with van der Waals surface area (Å²) in [6, 6.07) is 0.691. The molecule has 1 aliphatic rings. The summed E-state index contributed by atoms with van der Waals surface area (Å²) < 4.78 is 1.87. The first-order valence-electron chi connectivity index (χ1n) is 5.73. The first kappa shape index (κ1) is 10.6. The van der Waals surface area contributed by atoms with E-state index in [9.17, 15) is 0 Å². The van der Waals surface area contributed by atoms with Crippen LogP contribution in [0.4, 0.5) is 0 Å². The molecule has 2 N–H and O–H groups in total. The van der Waals surface area contributed by atoms with E-state index in [4.69, 9.17) is 0 Å². The third-order valence-corrected chi connectivity index (χ3v) is 2.77. The fourth-order valence-corrected chi connectivity index (χ4v) is 1.93. The Labute approximate surface area is 90.2 Å². The van der Waals surface area contributed by atoms with Crippen LogP contribution in [0.3, 0.4) is 0 Å². The Hall–Kier alpha value is -0.940. The van der Waals surface area contributed by atoms with Gasteiger partial charge in [-0.1, -0.05) is 5.21 Å². The Kier molecular flexibility index (Phi) is 4.11. The Morgan fingerprint density at radius 1 is 1.53 bits per heavy atom. The summed E-state index contributed by atoms with van der Waals surface area (Å²) in [5.41, 5.74) is 0. The molecule has 5 heteroatoms. The van der Waals surface area contributed by atoms with E-state index in [2.05, 4.69) is 20.9 Å². The molecule has 2 heterocycles. The first-order valence-corrected chi connectivity index (χ1v) is 5.73. The second-order valence-corrected chi connectivity index (χ2v) is 4.02. The molecule has 0 radical (unpaired) electrons. The molecule has 0 aromatic carbocycles. The van der Waals surface area contributed by atoms with Crippen molar-refractivity contribution in [1.82, 2.24) is 25.6 Å². The molecular weight excluding hydrogens is 190 g/mol. The molecule has 15 heavy (non-hydrogen) atoms. The Morgan fingerprint density at radius 2 is 2.53 bits per heavy atom. The maximum absolute atomic E-state index is 3.92. The van der Waals surface area contributed by atoms with Crippen LogP contribution in [-0.4, -0.2) is 40.7 Å². The van der Waals surface area contributed by atoms with Gasteiger partial charge in [0.25, 0.3) is 0 Å². The van der Waals surface area contributed by atoms with Gasteiger partial charge in [0.05, 0.1) is 6.20 Å². The van der Waals surface area contributed by atoms with E-state index in [0.29, 0.717) is 6.04 Å². The van der Waals surface area contributed by atoms with Gasteiger partial charge in [0.2, 0.25) is 0 Å². The fraction of sp³-hybridized carbons (Fsp3) is 0.800. The van der Waals surface area contributed by atoms with Crippen molar-refractivity contribution in [3.63, 3.8) is 0 Å². The zero-order valence-corrected chi connectivity index (χ0v) is 9.02. The zero-order chi connectivity index (χ0) is 10.3. The van der Waals surface area contributed by atoms with E-state index in [1.165, 1.54) is 19.4 Å². The van der Waals surface area contributed by atoms with Crippen LogP contribution in [0.25, 0.3) is 0 Å². The predicted octanol–water partition coefficient (Wildman–Crippen LogP) is 0.00980. The number of aryl methyl sites for hydroxylation is 1. The number of nitrogens with one attached hydrogen (secondary N) is 2. The highest BCUT2D eigenvalue weighted by Crippen LogP contribution is 2.02. The van der Waals surface area contributed by atoms with Crippen LogP contribution in [0, 0.1) is 0 Å². The fourth-order valence-electron chi connectivity index (χ4n) is 1.93. The van der Waals surface area contributed by atoms with Crippen molar-refractivity contribution in [3.8, 4) is 0 Å². The monoisotopic (exact) mass is 209 g/mol. The van der Waals surface area contributed by atoms with Crippen molar-refractivity contribution in [1.29, 1.82) is 0 Å². The second kappa shape index (κ2) is 5.82. The number of rotatable bonds is 6. The molecule has 0 amide bonds. The van der Waals surface area contributed by atoms with Gasteiger partial charge in [-0.15, -0.1) is 5.10 Å². The molecule has 1 aliphatic heterocycles. The van der Waals surface area contributed by atoms with Crippen LogP contribution in [0.1, 0.15) is 19.3 Å². The van der Waals surface area contributed by atoms with E-state index in [1.54, 1.807) is 6.20 Å². The molecule has 0 saturated carbocycles. The SMILES string of the molecule is c1cn(CCCNCC2CCCN2)nn1. The molecule has 1 unspecified atom stereocenters. The summed E-state index contributed by atoms with van der Waals surface area (Å²) in [5, 5.41) is 14.6. The molecule has 1 aromatic rings. The molecular formula is C10H19N5. The van der Waals surface area contributed by atoms with Gasteiger partial charge < -0.3 is 10.6 Å². The van der Waals surface area contributed by atoms with E-state index >= 15 is 0 Å². The van der Waals surface area contributed by atoms with E-state index in [0.717, 1.165) is 26.1 Å². The lowest BCUT2D eigenvalue weighted by Crippen LogP contribution is -2.34. The van der Waals surface area contributed by atoms with Crippen molar-refractivity contribution in [3.05, 3.63) is 12.4 Å². The first-order chi connectivity index (χ1) is 7.45. The molecule has 84 valence electrons. The number of aromatic nitrogens is 3. The topological polar surface area (TPSA) is 54.8 Å². The smallest absolute Gasteiger partial charge is 0.0692 e. The summed E-state index contributed by atoms with van der Waals surface area (Å²) >= 11 is 0. The van der Waals surface area contributed by atoms with Gasteiger partial charge in [0.1, 0.15) is 0 Å². The van der Waals surface area contributed by atoms with Crippen molar-refractivity contribution in [2.45, 2.75) is 31.8 Å². The third-order valence-electron chi connectivity index (χ3n) is 2.77. The number of nitrogens with zero attached hydrogens (tertiary/aromatic N) is 3. The molecule has 2 rings (SSSR count). The van der Waals surface area contributed by atoms with Gasteiger partial charge in [-0.2, -0.15) is 0 Å². The number of hydrogen-bond acceptors (Lipinski definition) is 4. The van der Waals surface area contributed by atoms with Gasteiger partial charge in [-0.05, 0) is 32.4 Å². The van der Waals surface area contributed by atoms with Crippen molar-refractivity contribution in [2.75, 3.05) is 19.6 Å². The molecule has 0 spiro atoms. The average Bonchev–Trinajstić information content (AvgIpc) is 2.88. The molecule has 0 aliphatic carbocycles. The Balaban J connectivity index is 1.48. The summed E-state index contributed by atoms with van der Waals surface area (Å²) in [7, 11) is 0. The van der Waals surface area contributed by atoms with Gasteiger partial charge in [0, 0.05) is 25.3 Å². The standard InChI is InChI=1S/C10H19N5/c1-3-10(12-5-1)9-11-4-2-7-15-8-6-13-14-15/h6,8,10-12H,1-5,7,9H2. The lowest BCUT2D eigenvalue weighted by Gasteiger charge is -2.10. The van der Waals surface area contributed by atoms with E-state index in [1.807, 2.05) is 10.9 Å².